The first-order valence-electron chi connectivity index (χ1n) is 7.83. The molecule has 1 fully saturated rings. The highest BCUT2D eigenvalue weighted by Crippen LogP contribution is 2.19. The molecule has 0 saturated carbocycles. The van der Waals surface area contributed by atoms with Crippen LogP contribution >= 0.6 is 0 Å². The summed E-state index contributed by atoms with van der Waals surface area (Å²) in [5.74, 6) is 0.203. The summed E-state index contributed by atoms with van der Waals surface area (Å²) in [6, 6.07) is 11.4. The van der Waals surface area contributed by atoms with Crippen molar-refractivity contribution in [2.45, 2.75) is 19.0 Å². The summed E-state index contributed by atoms with van der Waals surface area (Å²) >= 11 is 0. The van der Waals surface area contributed by atoms with E-state index in [1.165, 1.54) is 5.56 Å². The van der Waals surface area contributed by atoms with Gasteiger partial charge in [0.15, 0.2) is 0 Å². The Kier molecular flexibility index (Phi) is 5.00. The number of hydrogen-bond donors (Lipinski definition) is 2. The number of pyridine rings is 1. The lowest BCUT2D eigenvalue weighted by atomic mass is 9.95. The van der Waals surface area contributed by atoms with E-state index in [9.17, 15) is 4.79 Å². The largest absolute Gasteiger partial charge is 0.379 e. The van der Waals surface area contributed by atoms with Gasteiger partial charge >= 0.3 is 0 Å². The minimum atomic E-state index is -0.0736. The van der Waals surface area contributed by atoms with Crippen molar-refractivity contribution in [2.75, 3.05) is 13.2 Å². The van der Waals surface area contributed by atoms with Gasteiger partial charge in [-0.05, 0) is 41.8 Å². The summed E-state index contributed by atoms with van der Waals surface area (Å²) < 4.78 is 5.57. The molecule has 1 aromatic heterocycles. The molecular weight excluding hydrogens is 290 g/mol. The molecule has 2 aromatic rings. The van der Waals surface area contributed by atoms with Crippen LogP contribution in [-0.2, 0) is 17.7 Å². The highest BCUT2D eigenvalue weighted by molar-refractivity contribution is 5.94. The predicted molar refractivity (Wildman–Crippen MR) is 87.8 cm³/mol. The molecule has 0 radical (unpaired) electrons. The van der Waals surface area contributed by atoms with Crippen molar-refractivity contribution in [3.8, 4) is 0 Å². The number of carbonyl (C=O) groups excluding carboxylic acids is 1. The van der Waals surface area contributed by atoms with Crippen LogP contribution in [0.2, 0.25) is 0 Å². The quantitative estimate of drug-likeness (QED) is 0.878. The third kappa shape index (κ3) is 3.94. The molecule has 3 rings (SSSR count). The van der Waals surface area contributed by atoms with E-state index in [4.69, 9.17) is 10.5 Å². The van der Waals surface area contributed by atoms with Crippen LogP contribution in [0, 0.1) is 5.92 Å². The van der Waals surface area contributed by atoms with Crippen LogP contribution < -0.4 is 11.1 Å². The first-order valence-corrected chi connectivity index (χ1v) is 7.83. The number of nitrogens with zero attached hydrogens (tertiary/aromatic N) is 1. The van der Waals surface area contributed by atoms with Crippen molar-refractivity contribution < 1.29 is 9.53 Å². The van der Waals surface area contributed by atoms with E-state index in [1.54, 1.807) is 12.4 Å². The number of amides is 1. The minimum Gasteiger partial charge on any atom is -0.379 e. The average molecular weight is 311 g/mol. The van der Waals surface area contributed by atoms with E-state index >= 15 is 0 Å². The Labute approximate surface area is 135 Å². The molecule has 2 unspecified atom stereocenters. The number of ether oxygens (including phenoxy) is 1. The fourth-order valence-corrected chi connectivity index (χ4v) is 2.87. The molecule has 5 heteroatoms. The van der Waals surface area contributed by atoms with E-state index in [-0.39, 0.29) is 17.9 Å². The zero-order valence-electron chi connectivity index (χ0n) is 12.9. The lowest BCUT2D eigenvalue weighted by Crippen LogP contribution is -2.40. The SMILES string of the molecule is NCc1cccc(C(=O)NC2COCC2Cc2ccncc2)c1. The molecule has 2 atom stereocenters. The average Bonchev–Trinajstić information content (AvgIpc) is 3.02. The van der Waals surface area contributed by atoms with Gasteiger partial charge in [0.2, 0.25) is 0 Å². The normalized spacial score (nSPS) is 20.4. The Hall–Kier alpha value is -2.24. The number of benzene rings is 1. The van der Waals surface area contributed by atoms with Crippen molar-refractivity contribution >= 4 is 5.91 Å². The molecular formula is C18H21N3O2. The smallest absolute Gasteiger partial charge is 0.251 e. The molecule has 0 bridgehead atoms. The van der Waals surface area contributed by atoms with Crippen LogP contribution in [-0.4, -0.2) is 30.1 Å². The second kappa shape index (κ2) is 7.35. The Morgan fingerprint density at radius 1 is 1.22 bits per heavy atom. The summed E-state index contributed by atoms with van der Waals surface area (Å²) in [4.78, 5) is 16.5. The van der Waals surface area contributed by atoms with Crippen LogP contribution in [0.5, 0.6) is 0 Å². The van der Waals surface area contributed by atoms with Crippen molar-refractivity contribution in [3.05, 3.63) is 65.5 Å². The Morgan fingerprint density at radius 2 is 2.04 bits per heavy atom. The standard InChI is InChI=1S/C18H21N3O2/c19-10-14-2-1-3-15(9-14)18(22)21-17-12-23-11-16(17)8-13-4-6-20-7-5-13/h1-7,9,16-17H,8,10-12,19H2,(H,21,22). The number of carbonyl (C=O) groups is 1. The maximum absolute atomic E-state index is 12.4. The monoisotopic (exact) mass is 311 g/mol. The fourth-order valence-electron chi connectivity index (χ4n) is 2.87. The third-order valence-electron chi connectivity index (χ3n) is 4.19. The second-order valence-electron chi connectivity index (χ2n) is 5.84. The fraction of sp³-hybridized carbons (Fsp3) is 0.333. The molecule has 2 heterocycles. The highest BCUT2D eigenvalue weighted by Gasteiger charge is 2.29. The minimum absolute atomic E-state index is 0.0252. The lowest BCUT2D eigenvalue weighted by Gasteiger charge is -2.19. The summed E-state index contributed by atoms with van der Waals surface area (Å²) in [6.45, 7) is 1.65. The van der Waals surface area contributed by atoms with E-state index in [0.717, 1.165) is 12.0 Å². The van der Waals surface area contributed by atoms with Gasteiger partial charge < -0.3 is 15.8 Å². The molecule has 1 aliphatic heterocycles. The summed E-state index contributed by atoms with van der Waals surface area (Å²) in [7, 11) is 0. The van der Waals surface area contributed by atoms with E-state index in [1.807, 2.05) is 36.4 Å². The molecule has 1 saturated heterocycles. The maximum Gasteiger partial charge on any atom is 0.251 e. The Balaban J connectivity index is 1.65. The molecule has 1 amide bonds. The number of rotatable bonds is 5. The molecule has 0 aliphatic carbocycles. The molecule has 3 N–H and O–H groups in total. The third-order valence-corrected chi connectivity index (χ3v) is 4.19. The van der Waals surface area contributed by atoms with Crippen molar-refractivity contribution in [1.82, 2.24) is 10.3 Å². The highest BCUT2D eigenvalue weighted by atomic mass is 16.5. The van der Waals surface area contributed by atoms with Gasteiger partial charge in [-0.15, -0.1) is 0 Å². The van der Waals surface area contributed by atoms with Gasteiger partial charge in [-0.1, -0.05) is 12.1 Å². The van der Waals surface area contributed by atoms with Crippen LogP contribution in [0.15, 0.2) is 48.8 Å². The number of aromatic nitrogens is 1. The molecule has 120 valence electrons. The zero-order valence-corrected chi connectivity index (χ0v) is 12.9. The summed E-state index contributed by atoms with van der Waals surface area (Å²) in [6.07, 6.45) is 4.45. The molecule has 0 spiro atoms. The number of nitrogens with two attached hydrogens (primary N) is 1. The summed E-state index contributed by atoms with van der Waals surface area (Å²) in [5.41, 5.74) is 8.44. The predicted octanol–water partition coefficient (Wildman–Crippen LogP) is 1.53. The lowest BCUT2D eigenvalue weighted by molar-refractivity contribution is 0.0925. The van der Waals surface area contributed by atoms with Crippen LogP contribution in [0.3, 0.4) is 0 Å². The van der Waals surface area contributed by atoms with Gasteiger partial charge in [-0.25, -0.2) is 0 Å². The van der Waals surface area contributed by atoms with E-state index in [0.29, 0.717) is 25.3 Å². The van der Waals surface area contributed by atoms with Crippen molar-refractivity contribution in [1.29, 1.82) is 0 Å². The van der Waals surface area contributed by atoms with Gasteiger partial charge in [0, 0.05) is 30.4 Å². The Morgan fingerprint density at radius 3 is 2.83 bits per heavy atom. The first kappa shape index (κ1) is 15.6. The molecule has 1 aliphatic rings. The molecule has 23 heavy (non-hydrogen) atoms. The van der Waals surface area contributed by atoms with Crippen LogP contribution in [0.4, 0.5) is 0 Å². The van der Waals surface area contributed by atoms with E-state index in [2.05, 4.69) is 10.3 Å². The van der Waals surface area contributed by atoms with Crippen molar-refractivity contribution in [2.24, 2.45) is 11.7 Å². The van der Waals surface area contributed by atoms with Gasteiger partial charge in [0.05, 0.1) is 19.3 Å². The molecule has 1 aromatic carbocycles. The van der Waals surface area contributed by atoms with Gasteiger partial charge in [-0.3, -0.25) is 9.78 Å². The van der Waals surface area contributed by atoms with Crippen LogP contribution in [0.25, 0.3) is 0 Å². The van der Waals surface area contributed by atoms with Gasteiger partial charge in [0.1, 0.15) is 0 Å². The van der Waals surface area contributed by atoms with Crippen molar-refractivity contribution in [3.63, 3.8) is 0 Å². The van der Waals surface area contributed by atoms with Gasteiger partial charge in [-0.2, -0.15) is 0 Å². The topological polar surface area (TPSA) is 77.2 Å². The Bertz CT molecular complexity index is 660. The van der Waals surface area contributed by atoms with Crippen LogP contribution in [0.1, 0.15) is 21.5 Å². The second-order valence-corrected chi connectivity index (χ2v) is 5.84. The first-order chi connectivity index (χ1) is 11.3. The van der Waals surface area contributed by atoms with Gasteiger partial charge in [0.25, 0.3) is 5.91 Å². The number of hydrogen-bond acceptors (Lipinski definition) is 4. The molecule has 5 nitrogen and oxygen atoms in total. The summed E-state index contributed by atoms with van der Waals surface area (Å²) in [5, 5.41) is 3.10. The zero-order chi connectivity index (χ0) is 16.1. The van der Waals surface area contributed by atoms with E-state index < -0.39 is 0 Å². The maximum atomic E-state index is 12.4. The number of nitrogens with one attached hydrogen (secondary N) is 1.